The van der Waals surface area contributed by atoms with Crippen LogP contribution in [0.1, 0.15) is 17.5 Å². The summed E-state index contributed by atoms with van der Waals surface area (Å²) in [7, 11) is 1.76. The summed E-state index contributed by atoms with van der Waals surface area (Å²) in [5.74, 6) is 1.25. The summed E-state index contributed by atoms with van der Waals surface area (Å²) in [4.78, 5) is 15.4. The number of benzene rings is 1. The molecule has 38 heavy (non-hydrogen) atoms. The number of pyridine rings is 1. The van der Waals surface area contributed by atoms with Gasteiger partial charge in [0, 0.05) is 31.4 Å². The fourth-order valence-electron chi connectivity index (χ4n) is 3.86. The van der Waals surface area contributed by atoms with E-state index >= 15 is 0 Å². The third-order valence-corrected chi connectivity index (χ3v) is 6.99. The molecule has 0 bridgehead atoms. The maximum Gasteiger partial charge on any atom is 0.267 e. The van der Waals surface area contributed by atoms with Crippen molar-refractivity contribution in [1.29, 1.82) is 0 Å². The van der Waals surface area contributed by atoms with Crippen molar-refractivity contribution in [3.8, 4) is 22.9 Å². The Kier molecular flexibility index (Phi) is 8.23. The summed E-state index contributed by atoms with van der Waals surface area (Å²) in [6.45, 7) is 5.73. The van der Waals surface area contributed by atoms with Gasteiger partial charge in [0.2, 0.25) is 11.8 Å². The van der Waals surface area contributed by atoms with Crippen LogP contribution in [0.3, 0.4) is 0 Å². The van der Waals surface area contributed by atoms with E-state index in [1.165, 1.54) is 17.1 Å². The molecule has 0 spiro atoms. The van der Waals surface area contributed by atoms with Gasteiger partial charge >= 0.3 is 0 Å². The largest absolute Gasteiger partial charge is 0.437 e. The Morgan fingerprint density at radius 3 is 2.45 bits per heavy atom. The molecule has 11 nitrogen and oxygen atoms in total. The van der Waals surface area contributed by atoms with Gasteiger partial charge in [0.25, 0.3) is 10.0 Å². The fraction of sp³-hybridized carbons (Fsp3) is 0.308. The molecule has 0 aliphatic rings. The topological polar surface area (TPSA) is 127 Å². The highest BCUT2D eigenvalue weighted by molar-refractivity contribution is 7.92. The molecule has 200 valence electrons. The number of nitrogens with zero attached hydrogens (tertiary/aromatic N) is 6. The van der Waals surface area contributed by atoms with Gasteiger partial charge in [-0.15, -0.1) is 0 Å². The molecular weight excluding hydrogens is 504 g/mol. The summed E-state index contributed by atoms with van der Waals surface area (Å²) in [6.07, 6.45) is 5.25. The van der Waals surface area contributed by atoms with Crippen LogP contribution in [0.25, 0.3) is 11.3 Å². The maximum absolute atomic E-state index is 12.9. The number of ether oxygens (including phenoxy) is 1. The Hall–Kier alpha value is -4.03. The highest BCUT2D eigenvalue weighted by Gasteiger charge is 2.20. The first-order valence-corrected chi connectivity index (χ1v) is 13.6. The van der Waals surface area contributed by atoms with Gasteiger partial charge in [-0.05, 0) is 64.2 Å². The molecule has 0 aliphatic carbocycles. The molecule has 4 aromatic rings. The van der Waals surface area contributed by atoms with E-state index in [0.717, 1.165) is 42.0 Å². The molecule has 3 heterocycles. The summed E-state index contributed by atoms with van der Waals surface area (Å²) < 4.78 is 35.8. The summed E-state index contributed by atoms with van der Waals surface area (Å²) >= 11 is 0. The molecule has 0 unspecified atom stereocenters. The predicted octanol–water partition coefficient (Wildman–Crippen LogP) is 3.85. The monoisotopic (exact) mass is 536 g/mol. The van der Waals surface area contributed by atoms with Gasteiger partial charge in [0.05, 0.1) is 18.1 Å². The molecule has 0 amide bonds. The first-order chi connectivity index (χ1) is 18.1. The number of aryl methyl sites for hydroxylation is 3. The zero-order valence-electron chi connectivity index (χ0n) is 22.1. The molecule has 0 radical (unpaired) electrons. The van der Waals surface area contributed by atoms with E-state index in [-0.39, 0.29) is 16.7 Å². The summed E-state index contributed by atoms with van der Waals surface area (Å²) in [5, 5.41) is 7.23. The lowest BCUT2D eigenvalue weighted by Gasteiger charge is -2.14. The van der Waals surface area contributed by atoms with E-state index in [9.17, 15) is 8.42 Å². The number of hydrogen-bond donors (Lipinski definition) is 2. The van der Waals surface area contributed by atoms with Crippen LogP contribution < -0.4 is 14.8 Å². The van der Waals surface area contributed by atoms with E-state index in [4.69, 9.17) is 4.74 Å². The van der Waals surface area contributed by atoms with Crippen molar-refractivity contribution in [2.45, 2.75) is 25.2 Å². The molecule has 3 aromatic heterocycles. The van der Waals surface area contributed by atoms with Crippen molar-refractivity contribution in [2.24, 2.45) is 7.05 Å². The van der Waals surface area contributed by atoms with E-state index in [1.807, 2.05) is 52.2 Å². The van der Waals surface area contributed by atoms with Gasteiger partial charge in [-0.3, -0.25) is 4.68 Å². The van der Waals surface area contributed by atoms with Gasteiger partial charge in [0.1, 0.15) is 16.5 Å². The van der Waals surface area contributed by atoms with E-state index in [0.29, 0.717) is 11.4 Å². The van der Waals surface area contributed by atoms with Crippen molar-refractivity contribution in [3.05, 3.63) is 66.1 Å². The summed E-state index contributed by atoms with van der Waals surface area (Å²) in [5.41, 5.74) is 3.38. The quantitative estimate of drug-likeness (QED) is 0.275. The highest BCUT2D eigenvalue weighted by Crippen LogP contribution is 2.31. The van der Waals surface area contributed by atoms with Crippen molar-refractivity contribution in [1.82, 2.24) is 29.6 Å². The van der Waals surface area contributed by atoms with Crippen LogP contribution in [-0.2, 0) is 17.1 Å². The molecule has 1 aromatic carbocycles. The average molecular weight is 537 g/mol. The molecule has 12 heteroatoms. The Balaban J connectivity index is 1.61. The van der Waals surface area contributed by atoms with Crippen molar-refractivity contribution < 1.29 is 13.2 Å². The van der Waals surface area contributed by atoms with Crippen molar-refractivity contribution in [2.75, 3.05) is 37.2 Å². The highest BCUT2D eigenvalue weighted by atomic mass is 32.2. The minimum absolute atomic E-state index is 0.00131. The number of aromatic nitrogens is 5. The second-order valence-electron chi connectivity index (χ2n) is 9.20. The van der Waals surface area contributed by atoms with Crippen LogP contribution in [0.2, 0.25) is 0 Å². The van der Waals surface area contributed by atoms with E-state index in [1.54, 1.807) is 25.4 Å². The van der Waals surface area contributed by atoms with Gasteiger partial charge < -0.3 is 15.0 Å². The smallest absolute Gasteiger partial charge is 0.267 e. The van der Waals surface area contributed by atoms with Crippen LogP contribution in [0.5, 0.6) is 11.6 Å². The number of nitrogens with one attached hydrogen (secondary N) is 2. The Morgan fingerprint density at radius 1 is 1.05 bits per heavy atom. The van der Waals surface area contributed by atoms with Crippen molar-refractivity contribution >= 4 is 21.8 Å². The van der Waals surface area contributed by atoms with E-state index in [2.05, 4.69) is 35.0 Å². The number of anilines is 2. The van der Waals surface area contributed by atoms with Crippen LogP contribution in [0.4, 0.5) is 11.8 Å². The first kappa shape index (κ1) is 27.0. The standard InChI is InChI=1S/C26H32N8O3S/c1-18-8-6-9-19(2)25(18)22-14-24(31-26(30-22)32-38(35,36)21-16-29-34(5)17-21)37-20-10-11-23(28-15-20)27-12-7-13-33(3)4/h6,8-11,14-17H,7,12-13H2,1-5H3,(H,27,28)(H,30,31,32). The van der Waals surface area contributed by atoms with Crippen LogP contribution in [0.15, 0.2) is 59.9 Å². The normalized spacial score (nSPS) is 11.5. The lowest BCUT2D eigenvalue weighted by molar-refractivity contribution is 0.405. The maximum atomic E-state index is 12.9. The second-order valence-corrected chi connectivity index (χ2v) is 10.9. The zero-order chi connectivity index (χ0) is 27.3. The second kappa shape index (κ2) is 11.6. The molecule has 0 aliphatic heterocycles. The molecule has 2 N–H and O–H groups in total. The molecular formula is C26H32N8O3S. The van der Waals surface area contributed by atoms with Gasteiger partial charge in [-0.25, -0.2) is 23.1 Å². The SMILES string of the molecule is Cc1cccc(C)c1-c1cc(Oc2ccc(NCCCN(C)C)nc2)nc(NS(=O)(=O)c2cnn(C)c2)n1. The number of rotatable bonds is 11. The molecule has 0 saturated heterocycles. The predicted molar refractivity (Wildman–Crippen MR) is 147 cm³/mol. The third-order valence-electron chi connectivity index (χ3n) is 5.70. The fourth-order valence-corrected chi connectivity index (χ4v) is 4.79. The lowest BCUT2D eigenvalue weighted by Crippen LogP contribution is -2.16. The van der Waals surface area contributed by atoms with Crippen LogP contribution in [0, 0.1) is 13.8 Å². The zero-order valence-corrected chi connectivity index (χ0v) is 23.0. The number of hydrogen-bond acceptors (Lipinski definition) is 9. The van der Waals surface area contributed by atoms with Crippen LogP contribution >= 0.6 is 0 Å². The molecule has 4 rings (SSSR count). The molecule has 0 atom stereocenters. The van der Waals surface area contributed by atoms with Gasteiger partial charge in [-0.1, -0.05) is 18.2 Å². The van der Waals surface area contributed by atoms with Gasteiger partial charge in [0.15, 0.2) is 0 Å². The Labute approximate surface area is 223 Å². The van der Waals surface area contributed by atoms with E-state index < -0.39 is 10.0 Å². The number of sulfonamides is 1. The molecule has 0 fully saturated rings. The minimum atomic E-state index is -3.96. The first-order valence-electron chi connectivity index (χ1n) is 12.1. The Morgan fingerprint density at radius 2 is 1.82 bits per heavy atom. The average Bonchev–Trinajstić information content (AvgIpc) is 3.30. The Bertz CT molecular complexity index is 1480. The van der Waals surface area contributed by atoms with Crippen LogP contribution in [-0.4, -0.2) is 65.2 Å². The van der Waals surface area contributed by atoms with Gasteiger partial charge in [-0.2, -0.15) is 10.1 Å². The molecule has 0 saturated carbocycles. The van der Waals surface area contributed by atoms with Crippen molar-refractivity contribution in [3.63, 3.8) is 0 Å². The minimum Gasteiger partial charge on any atom is -0.437 e. The summed E-state index contributed by atoms with van der Waals surface area (Å²) in [6, 6.07) is 11.2. The third kappa shape index (κ3) is 6.84. The lowest BCUT2D eigenvalue weighted by atomic mass is 10.00.